The van der Waals surface area contributed by atoms with Gasteiger partial charge in [-0.15, -0.1) is 11.3 Å². The van der Waals surface area contributed by atoms with Crippen LogP contribution in [0, 0.1) is 12.7 Å². The molecule has 3 N–H and O–H groups in total. The van der Waals surface area contributed by atoms with Crippen molar-refractivity contribution in [3.05, 3.63) is 69.9 Å². The minimum atomic E-state index is -4.14. The maximum Gasteiger partial charge on any atom is 0.266 e. The summed E-state index contributed by atoms with van der Waals surface area (Å²) in [5.41, 5.74) is 2.69. The van der Waals surface area contributed by atoms with Gasteiger partial charge in [0.05, 0.1) is 10.7 Å². The van der Waals surface area contributed by atoms with Crippen LogP contribution in [0.5, 0.6) is 0 Å². The van der Waals surface area contributed by atoms with Gasteiger partial charge in [-0.1, -0.05) is 41.4 Å². The first kappa shape index (κ1) is 22.5. The molecule has 0 aliphatic carbocycles. The average molecular weight is 469 g/mol. The fraction of sp³-hybridized carbons (Fsp3) is 0.250. The van der Waals surface area contributed by atoms with E-state index < -0.39 is 20.7 Å². The first-order valence-electron chi connectivity index (χ1n) is 9.16. The first-order valence-corrected chi connectivity index (χ1v) is 11.9. The Morgan fingerprint density at radius 3 is 2.60 bits per heavy atom. The van der Waals surface area contributed by atoms with E-state index in [2.05, 4.69) is 44.6 Å². The molecule has 0 aliphatic rings. The van der Waals surface area contributed by atoms with Crippen molar-refractivity contribution in [3.8, 4) is 0 Å². The molecule has 0 spiro atoms. The van der Waals surface area contributed by atoms with Crippen molar-refractivity contribution in [2.45, 2.75) is 24.3 Å². The molecule has 10 heteroatoms. The highest BCUT2D eigenvalue weighted by Gasteiger charge is 2.22. The monoisotopic (exact) mass is 468 g/mol. The lowest BCUT2D eigenvalue weighted by atomic mass is 10.0. The lowest BCUT2D eigenvalue weighted by Crippen LogP contribution is -2.34. The third-order valence-corrected chi connectivity index (χ3v) is 7.00. The summed E-state index contributed by atoms with van der Waals surface area (Å²) < 4.78 is 41.7. The van der Waals surface area contributed by atoms with Gasteiger partial charge in [0.1, 0.15) is 10.7 Å². The van der Waals surface area contributed by atoms with E-state index in [1.54, 1.807) is 5.38 Å². The Kier molecular flexibility index (Phi) is 7.30. The van der Waals surface area contributed by atoms with Crippen molar-refractivity contribution < 1.29 is 12.8 Å². The highest BCUT2D eigenvalue weighted by molar-refractivity contribution is 7.93. The largest absolute Gasteiger partial charge is 0.382 e. The molecular formula is C20H22ClFN4O2S2. The summed E-state index contributed by atoms with van der Waals surface area (Å²) >= 11 is 7.34. The number of thiazole rings is 1. The van der Waals surface area contributed by atoms with Gasteiger partial charge in [0.2, 0.25) is 0 Å². The molecular weight excluding hydrogens is 447 g/mol. The molecule has 0 unspecified atom stereocenters. The second kappa shape index (κ2) is 9.74. The molecule has 2 aromatic carbocycles. The summed E-state index contributed by atoms with van der Waals surface area (Å²) in [5.74, 6) is -0.898. The SMILES string of the molecule is CN[C@H](CNc1cc(F)c(S(=O)(=O)Nc2nccs2)cc1Cl)Cc1ccc(C)cc1. The van der Waals surface area contributed by atoms with E-state index in [0.717, 1.165) is 29.9 Å². The summed E-state index contributed by atoms with van der Waals surface area (Å²) in [6.07, 6.45) is 2.22. The molecule has 3 aromatic rings. The Hall–Kier alpha value is -2.20. The molecule has 0 bridgehead atoms. The van der Waals surface area contributed by atoms with Gasteiger partial charge in [0.15, 0.2) is 5.13 Å². The quantitative estimate of drug-likeness (QED) is 0.436. The highest BCUT2D eigenvalue weighted by Crippen LogP contribution is 2.29. The fourth-order valence-corrected chi connectivity index (χ4v) is 5.00. The van der Waals surface area contributed by atoms with E-state index in [9.17, 15) is 12.8 Å². The number of halogens is 2. The Morgan fingerprint density at radius 2 is 1.97 bits per heavy atom. The van der Waals surface area contributed by atoms with E-state index in [1.165, 1.54) is 17.3 Å². The van der Waals surface area contributed by atoms with Gasteiger partial charge in [0.25, 0.3) is 10.0 Å². The predicted octanol–water partition coefficient (Wildman–Crippen LogP) is 4.29. The van der Waals surface area contributed by atoms with Crippen molar-refractivity contribution in [3.63, 3.8) is 0 Å². The van der Waals surface area contributed by atoms with Crippen LogP contribution in [-0.2, 0) is 16.4 Å². The molecule has 1 heterocycles. The van der Waals surface area contributed by atoms with Crippen LogP contribution in [-0.4, -0.2) is 33.0 Å². The molecule has 1 atom stereocenters. The van der Waals surface area contributed by atoms with Crippen LogP contribution in [0.1, 0.15) is 11.1 Å². The minimum absolute atomic E-state index is 0.0711. The standard InChI is InChI=1S/C20H22ClFN4O2S2/c1-13-3-5-14(6-4-13)9-15(23-2)12-25-18-11-17(22)19(10-16(18)21)30(27,28)26-20-24-7-8-29-20/h3-8,10-11,15,23,25H,9,12H2,1-2H3,(H,24,26)/t15-/m0/s1. The zero-order valence-corrected chi connectivity index (χ0v) is 18.8. The lowest BCUT2D eigenvalue weighted by Gasteiger charge is -2.19. The zero-order chi connectivity index (χ0) is 21.7. The highest BCUT2D eigenvalue weighted by atomic mass is 35.5. The maximum absolute atomic E-state index is 14.6. The first-order chi connectivity index (χ1) is 14.3. The summed E-state index contributed by atoms with van der Waals surface area (Å²) in [6.45, 7) is 2.51. The van der Waals surface area contributed by atoms with Crippen LogP contribution in [0.4, 0.5) is 15.2 Å². The number of hydrogen-bond acceptors (Lipinski definition) is 6. The van der Waals surface area contributed by atoms with E-state index in [1.807, 2.05) is 14.0 Å². The molecule has 160 valence electrons. The molecule has 30 heavy (non-hydrogen) atoms. The fourth-order valence-electron chi connectivity index (χ4n) is 2.83. The van der Waals surface area contributed by atoms with E-state index >= 15 is 0 Å². The molecule has 0 amide bonds. The van der Waals surface area contributed by atoms with Gasteiger partial charge in [-0.3, -0.25) is 4.72 Å². The van der Waals surface area contributed by atoms with Crippen molar-refractivity contribution in [1.82, 2.24) is 10.3 Å². The number of nitrogens with zero attached hydrogens (tertiary/aromatic N) is 1. The van der Waals surface area contributed by atoms with Crippen LogP contribution in [0.2, 0.25) is 5.02 Å². The van der Waals surface area contributed by atoms with Gasteiger partial charge in [0, 0.05) is 24.2 Å². The van der Waals surface area contributed by atoms with E-state index in [4.69, 9.17) is 11.6 Å². The van der Waals surface area contributed by atoms with Crippen molar-refractivity contribution in [1.29, 1.82) is 0 Å². The molecule has 0 aliphatic heterocycles. The summed E-state index contributed by atoms with van der Waals surface area (Å²) in [6, 6.07) is 10.5. The Labute approximate surface area is 184 Å². The number of aromatic nitrogens is 1. The molecule has 0 fully saturated rings. The smallest absolute Gasteiger partial charge is 0.266 e. The molecule has 6 nitrogen and oxygen atoms in total. The van der Waals surface area contributed by atoms with Crippen LogP contribution in [0.3, 0.4) is 0 Å². The van der Waals surface area contributed by atoms with Gasteiger partial charge in [-0.2, -0.15) is 0 Å². The number of sulfonamides is 1. The molecule has 0 saturated heterocycles. The van der Waals surface area contributed by atoms with Gasteiger partial charge in [-0.05, 0) is 38.1 Å². The van der Waals surface area contributed by atoms with Crippen molar-refractivity contribution in [2.24, 2.45) is 0 Å². The van der Waals surface area contributed by atoms with Crippen molar-refractivity contribution >= 4 is 43.8 Å². The average Bonchev–Trinajstić information content (AvgIpc) is 3.20. The van der Waals surface area contributed by atoms with Crippen LogP contribution < -0.4 is 15.4 Å². The second-order valence-electron chi connectivity index (χ2n) is 6.76. The van der Waals surface area contributed by atoms with Crippen LogP contribution >= 0.6 is 22.9 Å². The van der Waals surface area contributed by atoms with E-state index in [-0.39, 0.29) is 16.2 Å². The predicted molar refractivity (Wildman–Crippen MR) is 121 cm³/mol. The molecule has 1 aromatic heterocycles. The number of aryl methyl sites for hydroxylation is 1. The number of anilines is 2. The Balaban J connectivity index is 1.70. The number of hydrogen-bond donors (Lipinski definition) is 3. The Morgan fingerprint density at radius 1 is 1.23 bits per heavy atom. The molecule has 0 saturated carbocycles. The third-order valence-electron chi connectivity index (χ3n) is 4.51. The second-order valence-corrected chi connectivity index (χ2v) is 9.71. The maximum atomic E-state index is 14.6. The Bertz CT molecular complexity index is 1090. The van der Waals surface area contributed by atoms with Gasteiger partial charge >= 0.3 is 0 Å². The molecule has 0 radical (unpaired) electrons. The number of rotatable bonds is 9. The van der Waals surface area contributed by atoms with Crippen LogP contribution in [0.25, 0.3) is 0 Å². The summed E-state index contributed by atoms with van der Waals surface area (Å²) in [7, 11) is -2.29. The third kappa shape index (κ3) is 5.69. The lowest BCUT2D eigenvalue weighted by molar-refractivity contribution is 0.569. The van der Waals surface area contributed by atoms with Gasteiger partial charge in [-0.25, -0.2) is 17.8 Å². The van der Waals surface area contributed by atoms with E-state index in [0.29, 0.717) is 12.2 Å². The summed E-state index contributed by atoms with van der Waals surface area (Å²) in [4.78, 5) is 3.32. The minimum Gasteiger partial charge on any atom is -0.382 e. The number of nitrogens with one attached hydrogen (secondary N) is 3. The topological polar surface area (TPSA) is 83.1 Å². The normalized spacial score (nSPS) is 12.5. The van der Waals surface area contributed by atoms with Crippen LogP contribution in [0.15, 0.2) is 52.9 Å². The summed E-state index contributed by atoms with van der Waals surface area (Å²) in [5, 5.41) is 8.20. The molecule has 3 rings (SSSR count). The van der Waals surface area contributed by atoms with Crippen molar-refractivity contribution in [2.75, 3.05) is 23.6 Å². The van der Waals surface area contributed by atoms with Gasteiger partial charge < -0.3 is 10.6 Å². The zero-order valence-electron chi connectivity index (χ0n) is 16.4. The number of likely N-dealkylation sites (N-methyl/N-ethyl adjacent to an activating group) is 1. The number of benzene rings is 2.